The number of carbonyl (C=O) groups is 2. The molecule has 0 bridgehead atoms. The first kappa shape index (κ1) is 18.2. The lowest BCUT2D eigenvalue weighted by molar-refractivity contribution is -0.132. The first-order valence-corrected chi connectivity index (χ1v) is 8.60. The van der Waals surface area contributed by atoms with Crippen LogP contribution >= 0.6 is 11.3 Å². The zero-order chi connectivity index (χ0) is 19.2. The number of tetrazole rings is 1. The second-order valence-corrected chi connectivity index (χ2v) is 6.65. The van der Waals surface area contributed by atoms with Gasteiger partial charge in [-0.2, -0.15) is 5.21 Å². The van der Waals surface area contributed by atoms with E-state index < -0.39 is 11.9 Å². The van der Waals surface area contributed by atoms with Gasteiger partial charge in [-0.15, -0.1) is 21.5 Å². The van der Waals surface area contributed by atoms with Crippen molar-refractivity contribution in [1.29, 1.82) is 0 Å². The van der Waals surface area contributed by atoms with Crippen molar-refractivity contribution in [2.24, 2.45) is 0 Å². The van der Waals surface area contributed by atoms with Crippen molar-refractivity contribution in [3.05, 3.63) is 63.4 Å². The monoisotopic (exact) mass is 382 g/mol. The first-order chi connectivity index (χ1) is 13.0. The maximum absolute atomic E-state index is 10.8. The van der Waals surface area contributed by atoms with Crippen LogP contribution in [0.5, 0.6) is 0 Å². The third-order valence-electron chi connectivity index (χ3n) is 3.54. The predicted octanol–water partition coefficient (Wildman–Crippen LogP) is 2.71. The van der Waals surface area contributed by atoms with Crippen LogP contribution in [0.15, 0.2) is 42.5 Å². The molecule has 3 N–H and O–H groups in total. The van der Waals surface area contributed by atoms with Gasteiger partial charge in [0.2, 0.25) is 5.82 Å². The van der Waals surface area contributed by atoms with Crippen LogP contribution in [0.4, 0.5) is 0 Å². The van der Waals surface area contributed by atoms with Crippen LogP contribution in [0.25, 0.3) is 23.5 Å². The summed E-state index contributed by atoms with van der Waals surface area (Å²) in [4.78, 5) is 23.1. The molecule has 0 fully saturated rings. The Morgan fingerprint density at radius 3 is 2.59 bits per heavy atom. The molecule has 0 saturated heterocycles. The van der Waals surface area contributed by atoms with Crippen LogP contribution < -0.4 is 0 Å². The number of aromatic nitrogens is 4. The Balaban J connectivity index is 1.93. The molecule has 0 aliphatic rings. The predicted molar refractivity (Wildman–Crippen MR) is 100 cm³/mol. The highest BCUT2D eigenvalue weighted by atomic mass is 32.1. The van der Waals surface area contributed by atoms with Crippen molar-refractivity contribution in [1.82, 2.24) is 20.6 Å². The summed E-state index contributed by atoms with van der Waals surface area (Å²) in [5.41, 5.74) is 2.52. The average Bonchev–Trinajstić information content (AvgIpc) is 3.28. The number of nitrogens with zero attached hydrogens (tertiary/aromatic N) is 3. The van der Waals surface area contributed by atoms with Gasteiger partial charge in [-0.1, -0.05) is 24.3 Å². The van der Waals surface area contributed by atoms with E-state index in [4.69, 9.17) is 10.2 Å². The maximum Gasteiger partial charge on any atom is 0.328 e. The fraction of sp³-hybridized carbons (Fsp3) is 0.0556. The fourth-order valence-corrected chi connectivity index (χ4v) is 3.54. The minimum absolute atomic E-state index is 0.429. The van der Waals surface area contributed by atoms with E-state index in [1.165, 1.54) is 23.5 Å². The highest BCUT2D eigenvalue weighted by Gasteiger charge is 2.14. The van der Waals surface area contributed by atoms with Crippen molar-refractivity contribution in [3.8, 4) is 11.4 Å². The molecule has 0 spiro atoms. The largest absolute Gasteiger partial charge is 0.478 e. The zero-order valence-corrected chi connectivity index (χ0v) is 14.7. The number of aliphatic carboxylic acids is 2. The van der Waals surface area contributed by atoms with Crippen molar-refractivity contribution in [3.63, 3.8) is 0 Å². The molecule has 0 radical (unpaired) electrons. The average molecular weight is 382 g/mol. The lowest BCUT2D eigenvalue weighted by Crippen LogP contribution is -1.90. The second kappa shape index (κ2) is 8.19. The van der Waals surface area contributed by atoms with E-state index in [1.807, 2.05) is 30.3 Å². The minimum atomic E-state index is -1.02. The topological polar surface area (TPSA) is 129 Å². The molecule has 9 heteroatoms. The summed E-state index contributed by atoms with van der Waals surface area (Å²) in [6, 6.07) is 9.32. The van der Waals surface area contributed by atoms with Gasteiger partial charge in [-0.25, -0.2) is 9.59 Å². The summed E-state index contributed by atoms with van der Waals surface area (Å²) in [6.07, 6.45) is 5.77. The smallest absolute Gasteiger partial charge is 0.328 e. The molecule has 27 heavy (non-hydrogen) atoms. The lowest BCUT2D eigenvalue weighted by Gasteiger charge is -2.03. The van der Waals surface area contributed by atoms with Gasteiger partial charge in [0, 0.05) is 33.9 Å². The summed E-state index contributed by atoms with van der Waals surface area (Å²) >= 11 is 1.43. The van der Waals surface area contributed by atoms with Gasteiger partial charge in [-0.3, -0.25) is 0 Å². The van der Waals surface area contributed by atoms with Crippen molar-refractivity contribution < 1.29 is 19.8 Å². The van der Waals surface area contributed by atoms with Gasteiger partial charge in [0.15, 0.2) is 0 Å². The Labute approximate surface area is 157 Å². The molecule has 2 aromatic heterocycles. The highest BCUT2D eigenvalue weighted by molar-refractivity contribution is 7.13. The first-order valence-electron chi connectivity index (χ1n) is 7.79. The van der Waals surface area contributed by atoms with E-state index >= 15 is 0 Å². The Bertz CT molecular complexity index is 1020. The number of benzene rings is 1. The maximum atomic E-state index is 10.8. The molecule has 2 heterocycles. The normalized spacial score (nSPS) is 11.4. The molecule has 0 aliphatic heterocycles. The lowest BCUT2D eigenvalue weighted by atomic mass is 10.0. The molecule has 3 aromatic rings. The van der Waals surface area contributed by atoms with Crippen LogP contribution in [0, 0.1) is 0 Å². The summed E-state index contributed by atoms with van der Waals surface area (Å²) in [5.74, 6) is -1.60. The molecule has 0 aliphatic carbocycles. The zero-order valence-electron chi connectivity index (χ0n) is 13.9. The summed E-state index contributed by atoms with van der Waals surface area (Å²) in [7, 11) is 0. The number of hydrogen-bond acceptors (Lipinski definition) is 6. The van der Waals surface area contributed by atoms with Gasteiger partial charge in [-0.05, 0) is 34.6 Å². The molecule has 0 unspecified atom stereocenters. The molecule has 3 rings (SSSR count). The summed E-state index contributed by atoms with van der Waals surface area (Å²) in [5, 5.41) is 31.6. The Morgan fingerprint density at radius 2 is 1.89 bits per heavy atom. The Kier molecular flexibility index (Phi) is 5.53. The van der Waals surface area contributed by atoms with E-state index in [1.54, 1.807) is 0 Å². The Hall–Kier alpha value is -3.59. The van der Waals surface area contributed by atoms with Crippen molar-refractivity contribution >= 4 is 35.4 Å². The van der Waals surface area contributed by atoms with Gasteiger partial charge in [0.25, 0.3) is 0 Å². The number of aromatic amines is 1. The van der Waals surface area contributed by atoms with Crippen molar-refractivity contribution in [2.45, 2.75) is 6.42 Å². The number of thiophene rings is 1. The van der Waals surface area contributed by atoms with Gasteiger partial charge >= 0.3 is 11.9 Å². The second-order valence-electron chi connectivity index (χ2n) is 5.49. The quantitative estimate of drug-likeness (QED) is 0.536. The fourth-order valence-electron chi connectivity index (χ4n) is 2.44. The van der Waals surface area contributed by atoms with E-state index in [2.05, 4.69) is 20.6 Å². The summed E-state index contributed by atoms with van der Waals surface area (Å²) in [6.45, 7) is 0. The molecule has 136 valence electrons. The van der Waals surface area contributed by atoms with Crippen molar-refractivity contribution in [2.75, 3.05) is 0 Å². The standard InChI is InChI=1S/C18H14N4O4S/c23-16(24)6-4-11-2-1-3-12(8-11)9-15-14(18-19-21-22-20-18)10-13(27-15)5-7-17(25)26/h1-8,10H,9H2,(H,23,24)(H,25,26)(H,19,20,21,22). The van der Waals surface area contributed by atoms with Crippen LogP contribution in [-0.2, 0) is 16.0 Å². The molecule has 0 atom stereocenters. The van der Waals surface area contributed by atoms with E-state index in [9.17, 15) is 9.59 Å². The van der Waals surface area contributed by atoms with Gasteiger partial charge in [0.05, 0.1) is 0 Å². The number of H-pyrrole nitrogens is 1. The third-order valence-corrected chi connectivity index (χ3v) is 4.64. The number of hydrogen-bond donors (Lipinski definition) is 3. The van der Waals surface area contributed by atoms with Crippen LogP contribution in [0.1, 0.15) is 20.9 Å². The summed E-state index contributed by atoms with van der Waals surface area (Å²) < 4.78 is 0. The van der Waals surface area contributed by atoms with Crippen LogP contribution in [0.2, 0.25) is 0 Å². The number of rotatable bonds is 7. The number of carboxylic acids is 2. The van der Waals surface area contributed by atoms with Crippen LogP contribution in [0.3, 0.4) is 0 Å². The SMILES string of the molecule is O=C(O)C=Cc1cccc(Cc2sc(C=CC(=O)O)cc2-c2nn[nH]n2)c1. The molecule has 8 nitrogen and oxygen atoms in total. The van der Waals surface area contributed by atoms with Crippen LogP contribution in [-0.4, -0.2) is 42.8 Å². The molecule has 0 amide bonds. The van der Waals surface area contributed by atoms with E-state index in [-0.39, 0.29) is 0 Å². The molecule has 1 aromatic carbocycles. The van der Waals surface area contributed by atoms with E-state index in [0.717, 1.165) is 38.6 Å². The Morgan fingerprint density at radius 1 is 1.11 bits per heavy atom. The molecular weight excluding hydrogens is 368 g/mol. The van der Waals surface area contributed by atoms with Gasteiger partial charge in [0.1, 0.15) is 0 Å². The third kappa shape index (κ3) is 4.95. The molecule has 0 saturated carbocycles. The number of carboxylic acid groups (broad SMARTS) is 2. The minimum Gasteiger partial charge on any atom is -0.478 e. The molecular formula is C18H14N4O4S. The number of nitrogens with one attached hydrogen (secondary N) is 1. The van der Waals surface area contributed by atoms with Gasteiger partial charge < -0.3 is 10.2 Å². The highest BCUT2D eigenvalue weighted by Crippen LogP contribution is 2.32. The van der Waals surface area contributed by atoms with E-state index in [0.29, 0.717) is 12.2 Å².